The molecule has 1 heterocycles. The van der Waals surface area contributed by atoms with Gasteiger partial charge in [-0.25, -0.2) is 0 Å². The first-order valence-electron chi connectivity index (χ1n) is 7.73. The van der Waals surface area contributed by atoms with E-state index in [1.807, 2.05) is 0 Å². The van der Waals surface area contributed by atoms with Gasteiger partial charge in [-0.1, -0.05) is 20.3 Å². The second-order valence-corrected chi connectivity index (χ2v) is 6.14. The van der Waals surface area contributed by atoms with Gasteiger partial charge in [-0.15, -0.1) is 0 Å². The average molecular weight is 238 g/mol. The van der Waals surface area contributed by atoms with Crippen molar-refractivity contribution in [2.24, 2.45) is 5.92 Å². The Bertz CT molecular complexity index is 221. The van der Waals surface area contributed by atoms with Gasteiger partial charge in [0.2, 0.25) is 0 Å². The maximum Gasteiger partial charge on any atom is 0.0196 e. The molecule has 1 aliphatic carbocycles. The Balaban J connectivity index is 1.87. The second kappa shape index (κ2) is 6.19. The van der Waals surface area contributed by atoms with E-state index >= 15 is 0 Å². The van der Waals surface area contributed by atoms with E-state index < -0.39 is 0 Å². The van der Waals surface area contributed by atoms with E-state index in [-0.39, 0.29) is 0 Å². The molecule has 2 fully saturated rings. The van der Waals surface area contributed by atoms with Crippen LogP contribution in [0.1, 0.15) is 59.3 Å². The van der Waals surface area contributed by atoms with Crippen LogP contribution in [0.15, 0.2) is 0 Å². The van der Waals surface area contributed by atoms with E-state index in [2.05, 4.69) is 31.0 Å². The predicted octanol–water partition coefficient (Wildman–Crippen LogP) is 3.03. The molecule has 1 saturated heterocycles. The van der Waals surface area contributed by atoms with Crippen molar-refractivity contribution in [1.82, 2.24) is 10.2 Å². The SMILES string of the molecule is CCC1CCC(N2CC(CC)NCC2C)CC1. The molecule has 2 nitrogen and oxygen atoms in total. The Morgan fingerprint density at radius 1 is 1.06 bits per heavy atom. The van der Waals surface area contributed by atoms with Gasteiger partial charge in [0.15, 0.2) is 0 Å². The predicted molar refractivity (Wildman–Crippen MR) is 74.3 cm³/mol. The van der Waals surface area contributed by atoms with Gasteiger partial charge in [0.1, 0.15) is 0 Å². The zero-order chi connectivity index (χ0) is 12.3. The van der Waals surface area contributed by atoms with Crippen molar-refractivity contribution >= 4 is 0 Å². The van der Waals surface area contributed by atoms with Crippen LogP contribution in [0.25, 0.3) is 0 Å². The van der Waals surface area contributed by atoms with Crippen LogP contribution in [0, 0.1) is 5.92 Å². The third-order valence-electron chi connectivity index (χ3n) is 5.05. The Hall–Kier alpha value is -0.0800. The van der Waals surface area contributed by atoms with Crippen molar-refractivity contribution in [3.8, 4) is 0 Å². The highest BCUT2D eigenvalue weighted by molar-refractivity contribution is 4.89. The fourth-order valence-corrected chi connectivity index (χ4v) is 3.62. The van der Waals surface area contributed by atoms with Crippen LogP contribution in [-0.2, 0) is 0 Å². The minimum absolute atomic E-state index is 0.732. The molecule has 2 heteroatoms. The van der Waals surface area contributed by atoms with Crippen molar-refractivity contribution < 1.29 is 0 Å². The number of hydrogen-bond donors (Lipinski definition) is 1. The largest absolute Gasteiger partial charge is 0.311 e. The molecular formula is C15H30N2. The van der Waals surface area contributed by atoms with Crippen molar-refractivity contribution in [2.75, 3.05) is 13.1 Å². The summed E-state index contributed by atoms with van der Waals surface area (Å²) in [7, 11) is 0. The van der Waals surface area contributed by atoms with Crippen LogP contribution in [-0.4, -0.2) is 36.1 Å². The molecular weight excluding hydrogens is 208 g/mol. The van der Waals surface area contributed by atoms with Crippen molar-refractivity contribution in [3.63, 3.8) is 0 Å². The van der Waals surface area contributed by atoms with Gasteiger partial charge in [-0.2, -0.15) is 0 Å². The lowest BCUT2D eigenvalue weighted by molar-refractivity contribution is 0.0595. The monoisotopic (exact) mass is 238 g/mol. The van der Waals surface area contributed by atoms with Gasteiger partial charge in [-0.3, -0.25) is 4.90 Å². The highest BCUT2D eigenvalue weighted by Gasteiger charge is 2.31. The van der Waals surface area contributed by atoms with E-state index in [1.54, 1.807) is 0 Å². The summed E-state index contributed by atoms with van der Waals surface area (Å²) in [6, 6.07) is 2.35. The molecule has 17 heavy (non-hydrogen) atoms. The maximum atomic E-state index is 3.67. The Morgan fingerprint density at radius 3 is 2.35 bits per heavy atom. The Kier molecular flexibility index (Phi) is 4.87. The summed E-state index contributed by atoms with van der Waals surface area (Å²) in [5.74, 6) is 1.02. The van der Waals surface area contributed by atoms with Crippen LogP contribution in [0.4, 0.5) is 0 Å². The highest BCUT2D eigenvalue weighted by Crippen LogP contribution is 2.31. The molecule has 0 bridgehead atoms. The molecule has 1 saturated carbocycles. The summed E-state index contributed by atoms with van der Waals surface area (Å²) in [5.41, 5.74) is 0. The molecule has 2 unspecified atom stereocenters. The average Bonchev–Trinajstić information content (AvgIpc) is 2.39. The lowest BCUT2D eigenvalue weighted by Gasteiger charge is -2.45. The summed E-state index contributed by atoms with van der Waals surface area (Å²) < 4.78 is 0. The molecule has 1 aliphatic heterocycles. The van der Waals surface area contributed by atoms with Crippen LogP contribution >= 0.6 is 0 Å². The molecule has 0 aromatic heterocycles. The molecule has 1 N–H and O–H groups in total. The summed E-state index contributed by atoms with van der Waals surface area (Å²) in [5, 5.41) is 3.67. The van der Waals surface area contributed by atoms with Crippen molar-refractivity contribution in [1.29, 1.82) is 0 Å². The first-order valence-corrected chi connectivity index (χ1v) is 7.73. The van der Waals surface area contributed by atoms with Crippen LogP contribution < -0.4 is 5.32 Å². The minimum Gasteiger partial charge on any atom is -0.311 e. The Labute approximate surface area is 107 Å². The van der Waals surface area contributed by atoms with Crippen molar-refractivity contribution in [3.05, 3.63) is 0 Å². The third-order valence-corrected chi connectivity index (χ3v) is 5.05. The zero-order valence-corrected chi connectivity index (χ0v) is 11.9. The molecule has 0 aromatic rings. The minimum atomic E-state index is 0.732. The van der Waals surface area contributed by atoms with Gasteiger partial charge in [0.25, 0.3) is 0 Å². The first kappa shape index (κ1) is 13.4. The highest BCUT2D eigenvalue weighted by atomic mass is 15.2. The van der Waals surface area contributed by atoms with Gasteiger partial charge in [0.05, 0.1) is 0 Å². The molecule has 2 atom stereocenters. The molecule has 0 radical (unpaired) electrons. The van der Waals surface area contributed by atoms with E-state index in [9.17, 15) is 0 Å². The number of nitrogens with zero attached hydrogens (tertiary/aromatic N) is 1. The fourth-order valence-electron chi connectivity index (χ4n) is 3.62. The third kappa shape index (κ3) is 3.23. The van der Waals surface area contributed by atoms with Gasteiger partial charge < -0.3 is 5.32 Å². The number of hydrogen-bond acceptors (Lipinski definition) is 2. The molecule has 2 aliphatic rings. The number of nitrogens with one attached hydrogen (secondary N) is 1. The van der Waals surface area contributed by atoms with Crippen LogP contribution in [0.5, 0.6) is 0 Å². The summed E-state index contributed by atoms with van der Waals surface area (Å²) in [4.78, 5) is 2.80. The molecule has 0 aromatic carbocycles. The van der Waals surface area contributed by atoms with Gasteiger partial charge in [0, 0.05) is 31.2 Å². The molecule has 100 valence electrons. The van der Waals surface area contributed by atoms with Gasteiger partial charge >= 0.3 is 0 Å². The zero-order valence-electron chi connectivity index (χ0n) is 11.9. The maximum absolute atomic E-state index is 3.67. The number of rotatable bonds is 3. The van der Waals surface area contributed by atoms with E-state index in [0.29, 0.717) is 0 Å². The molecule has 0 amide bonds. The summed E-state index contributed by atoms with van der Waals surface area (Å²) in [6.07, 6.45) is 8.48. The lowest BCUT2D eigenvalue weighted by Crippen LogP contribution is -2.58. The Morgan fingerprint density at radius 2 is 1.76 bits per heavy atom. The standard InChI is InChI=1S/C15H30N2/c1-4-13-6-8-15(9-7-13)17-11-14(5-2)16-10-12(17)3/h12-16H,4-11H2,1-3H3. The summed E-state index contributed by atoms with van der Waals surface area (Å²) >= 11 is 0. The topological polar surface area (TPSA) is 15.3 Å². The fraction of sp³-hybridized carbons (Fsp3) is 1.00. The normalized spacial score (nSPS) is 40.4. The van der Waals surface area contributed by atoms with E-state index in [4.69, 9.17) is 0 Å². The van der Waals surface area contributed by atoms with E-state index in [1.165, 1.54) is 51.6 Å². The number of piperazine rings is 1. The van der Waals surface area contributed by atoms with Crippen molar-refractivity contribution in [2.45, 2.75) is 77.4 Å². The van der Waals surface area contributed by atoms with Crippen LogP contribution in [0.2, 0.25) is 0 Å². The quantitative estimate of drug-likeness (QED) is 0.813. The first-order chi connectivity index (χ1) is 8.24. The lowest BCUT2D eigenvalue weighted by atomic mass is 9.83. The smallest absolute Gasteiger partial charge is 0.0196 e. The summed E-state index contributed by atoms with van der Waals surface area (Å²) in [6.45, 7) is 9.52. The van der Waals surface area contributed by atoms with Gasteiger partial charge in [-0.05, 0) is 44.9 Å². The second-order valence-electron chi connectivity index (χ2n) is 6.14. The molecule has 2 rings (SSSR count). The molecule has 0 spiro atoms. The van der Waals surface area contributed by atoms with E-state index in [0.717, 1.165) is 24.0 Å². The van der Waals surface area contributed by atoms with Crippen LogP contribution in [0.3, 0.4) is 0 Å².